The van der Waals surface area contributed by atoms with Gasteiger partial charge in [-0.25, -0.2) is 0 Å². The number of ether oxygens (including phenoxy) is 1. The van der Waals surface area contributed by atoms with Crippen LogP contribution < -0.4 is 10.6 Å². The molecule has 0 heterocycles. The molecule has 7 heteroatoms. The normalized spacial score (nSPS) is 11.5. The first-order valence-electron chi connectivity index (χ1n) is 10.1. The lowest BCUT2D eigenvalue weighted by molar-refractivity contribution is -0.0149. The molecular weight excluding hydrogens is 503 g/mol. The average molecular weight is 538 g/mol. The molecule has 2 aromatic rings. The van der Waals surface area contributed by atoms with E-state index in [1.54, 1.807) is 26.0 Å². The summed E-state index contributed by atoms with van der Waals surface area (Å²) < 4.78 is 5.86. The topological polar surface area (TPSA) is 66.0 Å². The Morgan fingerprint density at radius 1 is 0.968 bits per heavy atom. The van der Waals surface area contributed by atoms with Gasteiger partial charge in [-0.15, -0.1) is 24.0 Å². The van der Waals surface area contributed by atoms with E-state index in [4.69, 9.17) is 4.74 Å². The molecule has 0 aromatic heterocycles. The van der Waals surface area contributed by atoms with Crippen molar-refractivity contribution in [2.24, 2.45) is 4.99 Å². The highest BCUT2D eigenvalue weighted by Gasteiger charge is 2.10. The molecule has 2 rings (SSSR count). The van der Waals surface area contributed by atoms with E-state index < -0.39 is 0 Å². The van der Waals surface area contributed by atoms with Gasteiger partial charge in [0.05, 0.1) is 12.2 Å². The molecule has 0 saturated carbocycles. The number of nitrogens with zero attached hydrogens (tertiary/aromatic N) is 2. The predicted molar refractivity (Wildman–Crippen MR) is 138 cm³/mol. The largest absolute Gasteiger partial charge is 0.371 e. The molecule has 31 heavy (non-hydrogen) atoms. The molecule has 0 spiro atoms. The molecule has 0 saturated heterocycles. The number of halogens is 1. The number of nitrogens with one attached hydrogen (secondary N) is 2. The molecule has 0 atom stereocenters. The van der Waals surface area contributed by atoms with Gasteiger partial charge in [-0.1, -0.05) is 36.4 Å². The highest BCUT2D eigenvalue weighted by Crippen LogP contribution is 2.13. The third-order valence-corrected chi connectivity index (χ3v) is 4.41. The number of guanidine groups is 1. The lowest BCUT2D eigenvalue weighted by Gasteiger charge is -2.19. The van der Waals surface area contributed by atoms with Crippen LogP contribution in [0.3, 0.4) is 0 Å². The monoisotopic (exact) mass is 538 g/mol. The molecule has 2 N–H and O–H groups in total. The number of hydrogen-bond acceptors (Lipinski definition) is 3. The van der Waals surface area contributed by atoms with Crippen LogP contribution in [-0.2, 0) is 24.4 Å². The molecule has 6 nitrogen and oxygen atoms in total. The number of hydrogen-bond donors (Lipinski definition) is 2. The Labute approximate surface area is 203 Å². The maximum absolute atomic E-state index is 12.0. The van der Waals surface area contributed by atoms with E-state index in [1.165, 1.54) is 5.56 Å². The Morgan fingerprint density at radius 3 is 2.10 bits per heavy atom. The van der Waals surface area contributed by atoms with Crippen molar-refractivity contribution in [3.05, 3.63) is 70.8 Å². The SMILES string of the molecule is CN=C(NCc1ccc(C(=O)N(C)C)cc1)NCc1cccc(COC(C)(C)C)c1.I. The average Bonchev–Trinajstić information content (AvgIpc) is 2.72. The minimum absolute atomic E-state index is 0. The van der Waals surface area contributed by atoms with Crippen LogP contribution in [0.15, 0.2) is 53.5 Å². The lowest BCUT2D eigenvalue weighted by atomic mass is 10.1. The Morgan fingerprint density at radius 2 is 1.55 bits per heavy atom. The predicted octanol–water partition coefficient (Wildman–Crippen LogP) is 4.19. The van der Waals surface area contributed by atoms with E-state index in [9.17, 15) is 4.79 Å². The number of benzene rings is 2. The van der Waals surface area contributed by atoms with Crippen LogP contribution in [0.4, 0.5) is 0 Å². The van der Waals surface area contributed by atoms with E-state index in [-0.39, 0.29) is 35.5 Å². The van der Waals surface area contributed by atoms with Crippen LogP contribution in [0.2, 0.25) is 0 Å². The van der Waals surface area contributed by atoms with Gasteiger partial charge in [0.1, 0.15) is 0 Å². The van der Waals surface area contributed by atoms with Gasteiger partial charge in [0.15, 0.2) is 5.96 Å². The first-order valence-corrected chi connectivity index (χ1v) is 10.1. The zero-order valence-corrected chi connectivity index (χ0v) is 21.7. The third-order valence-electron chi connectivity index (χ3n) is 4.41. The Hall–Kier alpha value is -2.13. The second-order valence-electron chi connectivity index (χ2n) is 8.40. The molecule has 0 bridgehead atoms. The molecule has 0 fully saturated rings. The summed E-state index contributed by atoms with van der Waals surface area (Å²) in [6, 6.07) is 16.0. The molecule has 0 radical (unpaired) electrons. The summed E-state index contributed by atoms with van der Waals surface area (Å²) in [6.07, 6.45) is 0. The van der Waals surface area contributed by atoms with Crippen molar-refractivity contribution in [1.29, 1.82) is 0 Å². The minimum Gasteiger partial charge on any atom is -0.371 e. The maximum Gasteiger partial charge on any atom is 0.253 e. The maximum atomic E-state index is 12.0. The first-order chi connectivity index (χ1) is 14.2. The zero-order valence-electron chi connectivity index (χ0n) is 19.4. The summed E-state index contributed by atoms with van der Waals surface area (Å²) in [5, 5.41) is 6.64. The van der Waals surface area contributed by atoms with Crippen LogP contribution in [0.5, 0.6) is 0 Å². The van der Waals surface area contributed by atoms with Gasteiger partial charge in [-0.2, -0.15) is 0 Å². The number of rotatable bonds is 7. The van der Waals surface area contributed by atoms with Crippen molar-refractivity contribution < 1.29 is 9.53 Å². The van der Waals surface area contributed by atoms with Crippen molar-refractivity contribution in [2.45, 2.75) is 46.1 Å². The molecule has 0 aliphatic heterocycles. The lowest BCUT2D eigenvalue weighted by Crippen LogP contribution is -2.36. The number of carbonyl (C=O) groups is 1. The van der Waals surface area contributed by atoms with Crippen LogP contribution in [0.25, 0.3) is 0 Å². The zero-order chi connectivity index (χ0) is 22.1. The number of aliphatic imine (C=N–C) groups is 1. The quantitative estimate of drug-likeness (QED) is 0.316. The van der Waals surface area contributed by atoms with E-state index in [0.29, 0.717) is 25.3 Å². The Bertz CT molecular complexity index is 859. The first kappa shape index (κ1) is 26.9. The molecule has 0 unspecified atom stereocenters. The van der Waals surface area contributed by atoms with Crippen molar-refractivity contribution in [1.82, 2.24) is 15.5 Å². The summed E-state index contributed by atoms with van der Waals surface area (Å²) in [5.74, 6) is 0.724. The van der Waals surface area contributed by atoms with Crippen molar-refractivity contribution in [2.75, 3.05) is 21.1 Å². The summed E-state index contributed by atoms with van der Waals surface area (Å²) in [7, 11) is 5.25. The summed E-state index contributed by atoms with van der Waals surface area (Å²) in [5.41, 5.74) is 3.92. The van der Waals surface area contributed by atoms with E-state index in [0.717, 1.165) is 17.1 Å². The van der Waals surface area contributed by atoms with Gasteiger partial charge < -0.3 is 20.3 Å². The van der Waals surface area contributed by atoms with Crippen LogP contribution in [0.1, 0.15) is 47.8 Å². The fraction of sp³-hybridized carbons (Fsp3) is 0.417. The van der Waals surface area contributed by atoms with E-state index >= 15 is 0 Å². The van der Waals surface area contributed by atoms with Gasteiger partial charge in [-0.05, 0) is 49.6 Å². The van der Waals surface area contributed by atoms with Crippen molar-refractivity contribution in [3.63, 3.8) is 0 Å². The van der Waals surface area contributed by atoms with Crippen LogP contribution in [0, 0.1) is 0 Å². The fourth-order valence-electron chi connectivity index (χ4n) is 2.74. The standard InChI is InChI=1S/C24H34N4O2.HI/c1-24(2,3)30-17-20-9-7-8-19(14-20)16-27-23(25-4)26-15-18-10-12-21(13-11-18)22(29)28(5)6;/h7-14H,15-17H2,1-6H3,(H2,25,26,27);1H. The molecule has 170 valence electrons. The van der Waals surface area contributed by atoms with Crippen molar-refractivity contribution in [3.8, 4) is 0 Å². The molecule has 2 aromatic carbocycles. The van der Waals surface area contributed by atoms with Crippen LogP contribution in [-0.4, -0.2) is 43.5 Å². The van der Waals surface area contributed by atoms with Gasteiger partial charge in [0, 0.05) is 39.8 Å². The number of amides is 1. The van der Waals surface area contributed by atoms with Gasteiger partial charge in [0.25, 0.3) is 5.91 Å². The highest BCUT2D eigenvalue weighted by atomic mass is 127. The summed E-state index contributed by atoms with van der Waals surface area (Å²) >= 11 is 0. The van der Waals surface area contributed by atoms with E-state index in [1.807, 2.05) is 30.3 Å². The number of carbonyl (C=O) groups excluding carboxylic acids is 1. The molecular formula is C24H35IN4O2. The smallest absolute Gasteiger partial charge is 0.253 e. The van der Waals surface area contributed by atoms with Gasteiger partial charge in [-0.3, -0.25) is 9.79 Å². The van der Waals surface area contributed by atoms with Gasteiger partial charge in [0.2, 0.25) is 0 Å². The summed E-state index contributed by atoms with van der Waals surface area (Å²) in [4.78, 5) is 17.8. The van der Waals surface area contributed by atoms with Crippen LogP contribution >= 0.6 is 24.0 Å². The van der Waals surface area contributed by atoms with E-state index in [2.05, 4.69) is 54.6 Å². The molecule has 0 aliphatic rings. The summed E-state index contributed by atoms with van der Waals surface area (Å²) in [6.45, 7) is 8.05. The fourth-order valence-corrected chi connectivity index (χ4v) is 2.74. The van der Waals surface area contributed by atoms with Gasteiger partial charge >= 0.3 is 0 Å². The Kier molecular flexibility index (Phi) is 11.0. The molecule has 0 aliphatic carbocycles. The second kappa shape index (κ2) is 12.7. The Balaban J connectivity index is 0.00000480. The minimum atomic E-state index is -0.155. The second-order valence-corrected chi connectivity index (χ2v) is 8.40. The highest BCUT2D eigenvalue weighted by molar-refractivity contribution is 14.0. The third kappa shape index (κ3) is 9.69. The van der Waals surface area contributed by atoms with Crippen molar-refractivity contribution >= 4 is 35.8 Å². The molecule has 1 amide bonds.